The predicted octanol–water partition coefficient (Wildman–Crippen LogP) is 6.40. The van der Waals surface area contributed by atoms with E-state index >= 15 is 0 Å². The van der Waals surface area contributed by atoms with Crippen LogP contribution in [0.3, 0.4) is 0 Å². The van der Waals surface area contributed by atoms with E-state index in [0.717, 1.165) is 23.4 Å². The van der Waals surface area contributed by atoms with E-state index in [9.17, 15) is 0 Å². The molecule has 27 heavy (non-hydrogen) atoms. The maximum atomic E-state index is 4.84. The number of rotatable bonds is 5. The Balaban J connectivity index is 1.66. The molecule has 1 aliphatic rings. The van der Waals surface area contributed by atoms with Crippen molar-refractivity contribution in [2.75, 3.05) is 5.43 Å². The Morgan fingerprint density at radius 3 is 2.37 bits per heavy atom. The van der Waals surface area contributed by atoms with Gasteiger partial charge < -0.3 is 0 Å². The molecule has 2 nitrogen and oxygen atoms in total. The molecule has 0 saturated heterocycles. The van der Waals surface area contributed by atoms with E-state index in [0.29, 0.717) is 5.92 Å². The van der Waals surface area contributed by atoms with Crippen LogP contribution in [0.2, 0.25) is 0 Å². The van der Waals surface area contributed by atoms with Crippen LogP contribution in [0.1, 0.15) is 41.5 Å². The normalized spacial score (nSPS) is 16.0. The van der Waals surface area contributed by atoms with Crippen molar-refractivity contribution in [2.24, 2.45) is 5.10 Å². The number of nitrogens with one attached hydrogen (secondary N) is 1. The van der Waals surface area contributed by atoms with Crippen LogP contribution in [0.15, 0.2) is 89.5 Å². The van der Waals surface area contributed by atoms with Gasteiger partial charge in [-0.1, -0.05) is 84.4 Å². The van der Waals surface area contributed by atoms with Gasteiger partial charge in [0.1, 0.15) is 0 Å². The number of anilines is 1. The number of aryl methyl sites for hydroxylation is 1. The summed E-state index contributed by atoms with van der Waals surface area (Å²) in [6.07, 6.45) is 3.18. The van der Waals surface area contributed by atoms with Crippen LogP contribution in [-0.2, 0) is 0 Å². The molecule has 0 aromatic heterocycles. The van der Waals surface area contributed by atoms with E-state index in [2.05, 4.69) is 86.0 Å². The van der Waals surface area contributed by atoms with Gasteiger partial charge in [0, 0.05) is 12.3 Å². The maximum absolute atomic E-state index is 4.84. The lowest BCUT2D eigenvalue weighted by Gasteiger charge is -2.17. The van der Waals surface area contributed by atoms with Gasteiger partial charge in [-0.15, -0.1) is 0 Å². The van der Waals surface area contributed by atoms with Crippen molar-refractivity contribution in [3.05, 3.63) is 107 Å². The molecule has 0 saturated carbocycles. The van der Waals surface area contributed by atoms with E-state index < -0.39 is 0 Å². The van der Waals surface area contributed by atoms with Crippen molar-refractivity contribution in [1.29, 1.82) is 0 Å². The number of nitrogens with zero attached hydrogens (tertiary/aromatic N) is 1. The number of benzene rings is 3. The summed E-state index contributed by atoms with van der Waals surface area (Å²) < 4.78 is 0. The molecular formula is C25H24N2. The highest BCUT2D eigenvalue weighted by Crippen LogP contribution is 2.39. The molecular weight excluding hydrogens is 328 g/mol. The van der Waals surface area contributed by atoms with Crippen LogP contribution in [-0.4, -0.2) is 5.71 Å². The Hall–Kier alpha value is -3.13. The number of hydrazone groups is 1. The molecule has 3 aromatic carbocycles. The molecule has 0 amide bonds. The third-order valence-electron chi connectivity index (χ3n) is 5.27. The molecule has 1 unspecified atom stereocenters. The molecule has 4 rings (SSSR count). The number of allylic oxidation sites excluding steroid dienone is 1. The van der Waals surface area contributed by atoms with E-state index in [4.69, 9.17) is 5.10 Å². The Morgan fingerprint density at radius 2 is 1.56 bits per heavy atom. The first-order chi connectivity index (χ1) is 13.2. The Labute approximate surface area is 161 Å². The average molecular weight is 352 g/mol. The molecule has 2 heteroatoms. The van der Waals surface area contributed by atoms with E-state index in [1.165, 1.54) is 22.3 Å². The molecule has 3 aromatic rings. The first-order valence-electron chi connectivity index (χ1n) is 9.43. The van der Waals surface area contributed by atoms with Crippen molar-refractivity contribution < 1.29 is 0 Å². The van der Waals surface area contributed by atoms with E-state index in [1.54, 1.807) is 0 Å². The van der Waals surface area contributed by atoms with Gasteiger partial charge >= 0.3 is 0 Å². The van der Waals surface area contributed by atoms with E-state index in [-0.39, 0.29) is 0 Å². The molecule has 1 aliphatic carbocycles. The number of hydrogen-bond donors (Lipinski definition) is 1. The van der Waals surface area contributed by atoms with Gasteiger partial charge in [-0.25, -0.2) is 0 Å². The zero-order valence-electron chi connectivity index (χ0n) is 15.8. The lowest BCUT2D eigenvalue weighted by atomic mass is 9.89. The second-order valence-corrected chi connectivity index (χ2v) is 7.13. The summed E-state index contributed by atoms with van der Waals surface area (Å²) in [7, 11) is 0. The molecule has 0 bridgehead atoms. The summed E-state index contributed by atoms with van der Waals surface area (Å²) in [4.78, 5) is 0. The first kappa shape index (κ1) is 17.3. The minimum atomic E-state index is 0.374. The van der Waals surface area contributed by atoms with Crippen LogP contribution in [0.5, 0.6) is 0 Å². The minimum absolute atomic E-state index is 0.374. The van der Waals surface area contributed by atoms with Crippen LogP contribution in [0.4, 0.5) is 5.69 Å². The number of para-hydroxylation sites is 1. The molecule has 134 valence electrons. The third-order valence-corrected chi connectivity index (χ3v) is 5.27. The standard InChI is InChI=1S/C25H24N2/c1-18-10-6-9-15-24(18)26-27-25(20-11-4-3-5-12-20)17-23-19(2)16-21-13-7-8-14-22(21)23/h3-16,23,26H,17H2,1-2H3. The summed E-state index contributed by atoms with van der Waals surface area (Å²) in [5.74, 6) is 0.374. The third kappa shape index (κ3) is 3.70. The predicted molar refractivity (Wildman–Crippen MR) is 115 cm³/mol. The highest BCUT2D eigenvalue weighted by Gasteiger charge is 2.24. The lowest BCUT2D eigenvalue weighted by molar-refractivity contribution is 0.852. The van der Waals surface area contributed by atoms with Crippen molar-refractivity contribution in [3.8, 4) is 0 Å². The Kier molecular flexibility index (Phi) is 4.88. The molecule has 0 heterocycles. The molecule has 1 N–H and O–H groups in total. The molecule has 0 fully saturated rings. The summed E-state index contributed by atoms with van der Waals surface area (Å²) in [6, 6.07) is 27.4. The smallest absolute Gasteiger partial charge is 0.0688 e. The van der Waals surface area contributed by atoms with Gasteiger partial charge in [-0.3, -0.25) is 5.43 Å². The second-order valence-electron chi connectivity index (χ2n) is 7.13. The van der Waals surface area contributed by atoms with Crippen molar-refractivity contribution >= 4 is 17.5 Å². The fourth-order valence-corrected chi connectivity index (χ4v) is 3.70. The summed E-state index contributed by atoms with van der Waals surface area (Å²) in [5.41, 5.74) is 11.9. The molecule has 0 aliphatic heterocycles. The van der Waals surface area contributed by atoms with Gasteiger partial charge in [0.2, 0.25) is 0 Å². The van der Waals surface area contributed by atoms with Crippen LogP contribution >= 0.6 is 0 Å². The van der Waals surface area contributed by atoms with Gasteiger partial charge in [0.15, 0.2) is 0 Å². The van der Waals surface area contributed by atoms with Crippen molar-refractivity contribution in [3.63, 3.8) is 0 Å². The maximum Gasteiger partial charge on any atom is 0.0688 e. The summed E-state index contributed by atoms with van der Waals surface area (Å²) in [6.45, 7) is 4.32. The lowest BCUT2D eigenvalue weighted by Crippen LogP contribution is -2.11. The van der Waals surface area contributed by atoms with Crippen LogP contribution in [0, 0.1) is 6.92 Å². The Morgan fingerprint density at radius 1 is 0.852 bits per heavy atom. The zero-order chi connectivity index (χ0) is 18.6. The van der Waals surface area contributed by atoms with Gasteiger partial charge in [-0.05, 0) is 42.2 Å². The molecule has 0 radical (unpaired) electrons. The average Bonchev–Trinajstić information content (AvgIpc) is 3.02. The fraction of sp³-hybridized carbons (Fsp3) is 0.160. The molecule has 1 atom stereocenters. The van der Waals surface area contributed by atoms with Gasteiger partial charge in [0.25, 0.3) is 0 Å². The van der Waals surface area contributed by atoms with Crippen molar-refractivity contribution in [2.45, 2.75) is 26.2 Å². The summed E-state index contributed by atoms with van der Waals surface area (Å²) in [5, 5.41) is 4.84. The number of hydrogen-bond acceptors (Lipinski definition) is 2. The summed E-state index contributed by atoms with van der Waals surface area (Å²) >= 11 is 0. The monoisotopic (exact) mass is 352 g/mol. The second kappa shape index (κ2) is 7.63. The first-order valence-corrected chi connectivity index (χ1v) is 9.43. The fourth-order valence-electron chi connectivity index (χ4n) is 3.70. The topological polar surface area (TPSA) is 24.4 Å². The number of fused-ring (bicyclic) bond motifs is 1. The molecule has 0 spiro atoms. The quantitative estimate of drug-likeness (QED) is 0.417. The highest BCUT2D eigenvalue weighted by molar-refractivity contribution is 6.02. The SMILES string of the molecule is CC1=Cc2ccccc2C1CC(=NNc1ccccc1C)c1ccccc1. The zero-order valence-corrected chi connectivity index (χ0v) is 15.8. The van der Waals surface area contributed by atoms with E-state index in [1.807, 2.05) is 18.2 Å². The largest absolute Gasteiger partial charge is 0.278 e. The minimum Gasteiger partial charge on any atom is -0.278 e. The van der Waals surface area contributed by atoms with Crippen LogP contribution in [0.25, 0.3) is 6.08 Å². The van der Waals surface area contributed by atoms with Crippen molar-refractivity contribution in [1.82, 2.24) is 0 Å². The van der Waals surface area contributed by atoms with Gasteiger partial charge in [0.05, 0.1) is 11.4 Å². The highest BCUT2D eigenvalue weighted by atomic mass is 15.3. The van der Waals surface area contributed by atoms with Gasteiger partial charge in [-0.2, -0.15) is 5.10 Å². The van der Waals surface area contributed by atoms with Crippen LogP contribution < -0.4 is 5.43 Å². The Bertz CT molecular complexity index is 1000.